The van der Waals surface area contributed by atoms with Crippen molar-refractivity contribution in [3.05, 3.63) is 0 Å². The van der Waals surface area contributed by atoms with E-state index in [1.807, 2.05) is 0 Å². The standard InChI is InChI=1S/C11H18F3N3O2.ClH/c1-7(15)9(18)16-6-8-2-4-17(5-3-8)10(19)11(12,13)14;/h7-8H,2-6,15H2,1H3,(H,16,18);1H/t7-;/m1./s1. The van der Waals surface area contributed by atoms with E-state index in [0.717, 1.165) is 4.90 Å². The number of amides is 2. The van der Waals surface area contributed by atoms with Crippen molar-refractivity contribution in [2.24, 2.45) is 11.7 Å². The molecule has 1 aliphatic rings. The SMILES string of the molecule is C[C@@H](N)C(=O)NCC1CCN(C(=O)C(F)(F)F)CC1.Cl. The topological polar surface area (TPSA) is 75.4 Å². The van der Waals surface area contributed by atoms with Crippen molar-refractivity contribution in [3.63, 3.8) is 0 Å². The van der Waals surface area contributed by atoms with Gasteiger partial charge in [-0.2, -0.15) is 13.2 Å². The highest BCUT2D eigenvalue weighted by Crippen LogP contribution is 2.23. The average Bonchev–Trinajstić information content (AvgIpc) is 2.34. The number of halogens is 4. The van der Waals surface area contributed by atoms with Gasteiger partial charge in [-0.25, -0.2) is 0 Å². The first-order valence-electron chi connectivity index (χ1n) is 6.11. The van der Waals surface area contributed by atoms with E-state index in [9.17, 15) is 22.8 Å². The Bertz CT molecular complexity index is 342. The summed E-state index contributed by atoms with van der Waals surface area (Å²) < 4.78 is 36.6. The Hall–Kier alpha value is -1.02. The predicted molar refractivity (Wildman–Crippen MR) is 69.3 cm³/mol. The van der Waals surface area contributed by atoms with E-state index < -0.39 is 18.1 Å². The highest BCUT2D eigenvalue weighted by atomic mass is 35.5. The Morgan fingerprint density at radius 2 is 1.85 bits per heavy atom. The number of likely N-dealkylation sites (tertiary alicyclic amines) is 1. The lowest BCUT2D eigenvalue weighted by atomic mass is 9.96. The molecule has 1 aliphatic heterocycles. The van der Waals surface area contributed by atoms with Gasteiger partial charge >= 0.3 is 12.1 Å². The lowest BCUT2D eigenvalue weighted by Gasteiger charge is -2.32. The van der Waals surface area contributed by atoms with Crippen LogP contribution in [0.3, 0.4) is 0 Å². The summed E-state index contributed by atoms with van der Waals surface area (Å²) in [5, 5.41) is 2.64. The summed E-state index contributed by atoms with van der Waals surface area (Å²) in [4.78, 5) is 23.0. The van der Waals surface area contributed by atoms with Crippen molar-refractivity contribution >= 4 is 24.2 Å². The summed E-state index contributed by atoms with van der Waals surface area (Å²) in [7, 11) is 0. The van der Waals surface area contributed by atoms with Gasteiger partial charge in [0.25, 0.3) is 0 Å². The molecule has 0 radical (unpaired) electrons. The number of nitrogens with two attached hydrogens (primary N) is 1. The van der Waals surface area contributed by atoms with Crippen LogP contribution < -0.4 is 11.1 Å². The molecule has 0 aliphatic carbocycles. The molecule has 3 N–H and O–H groups in total. The molecule has 1 fully saturated rings. The van der Waals surface area contributed by atoms with Crippen LogP contribution in [0.2, 0.25) is 0 Å². The molecule has 20 heavy (non-hydrogen) atoms. The van der Waals surface area contributed by atoms with Gasteiger partial charge in [-0.15, -0.1) is 12.4 Å². The van der Waals surface area contributed by atoms with Crippen LogP contribution in [0.5, 0.6) is 0 Å². The molecule has 0 aromatic rings. The van der Waals surface area contributed by atoms with Gasteiger partial charge in [0.05, 0.1) is 6.04 Å². The van der Waals surface area contributed by atoms with Crippen molar-refractivity contribution < 1.29 is 22.8 Å². The number of nitrogens with one attached hydrogen (secondary N) is 1. The fourth-order valence-electron chi connectivity index (χ4n) is 1.93. The molecule has 0 spiro atoms. The first kappa shape index (κ1) is 19.0. The minimum Gasteiger partial charge on any atom is -0.354 e. The Morgan fingerprint density at radius 3 is 2.25 bits per heavy atom. The first-order chi connectivity index (χ1) is 8.71. The zero-order valence-corrected chi connectivity index (χ0v) is 11.9. The van der Waals surface area contributed by atoms with E-state index in [-0.39, 0.29) is 37.3 Å². The molecule has 118 valence electrons. The lowest BCUT2D eigenvalue weighted by Crippen LogP contribution is -2.47. The Kier molecular flexibility index (Phi) is 7.29. The lowest BCUT2D eigenvalue weighted by molar-refractivity contribution is -0.186. The van der Waals surface area contributed by atoms with Gasteiger partial charge < -0.3 is 16.0 Å². The Balaban J connectivity index is 0.00000361. The van der Waals surface area contributed by atoms with Gasteiger partial charge in [-0.1, -0.05) is 0 Å². The van der Waals surface area contributed by atoms with Crippen molar-refractivity contribution in [1.29, 1.82) is 0 Å². The maximum absolute atomic E-state index is 12.2. The van der Waals surface area contributed by atoms with Gasteiger partial charge in [0.2, 0.25) is 5.91 Å². The van der Waals surface area contributed by atoms with Gasteiger partial charge in [-0.05, 0) is 25.7 Å². The zero-order valence-electron chi connectivity index (χ0n) is 11.1. The summed E-state index contributed by atoms with van der Waals surface area (Å²) in [5.74, 6) is -1.99. The first-order valence-corrected chi connectivity index (χ1v) is 6.11. The maximum atomic E-state index is 12.2. The third-order valence-electron chi connectivity index (χ3n) is 3.12. The van der Waals surface area contributed by atoms with Crippen LogP contribution in [0.25, 0.3) is 0 Å². The van der Waals surface area contributed by atoms with E-state index in [1.54, 1.807) is 6.92 Å². The Labute approximate surface area is 121 Å². The summed E-state index contributed by atoms with van der Waals surface area (Å²) in [6.45, 7) is 2.07. The van der Waals surface area contributed by atoms with Crippen molar-refractivity contribution in [1.82, 2.24) is 10.2 Å². The largest absolute Gasteiger partial charge is 0.471 e. The molecule has 0 unspecified atom stereocenters. The van der Waals surface area contributed by atoms with E-state index in [1.165, 1.54) is 0 Å². The second-order valence-electron chi connectivity index (χ2n) is 4.77. The molecule has 1 rings (SSSR count). The number of carbonyl (C=O) groups is 2. The van der Waals surface area contributed by atoms with Crippen LogP contribution in [0.1, 0.15) is 19.8 Å². The normalized spacial score (nSPS) is 18.1. The average molecular weight is 318 g/mol. The number of hydrogen-bond donors (Lipinski definition) is 2. The molecular formula is C11H19ClF3N3O2. The highest BCUT2D eigenvalue weighted by molar-refractivity contribution is 5.85. The number of piperidine rings is 1. The maximum Gasteiger partial charge on any atom is 0.471 e. The molecule has 1 heterocycles. The quantitative estimate of drug-likeness (QED) is 0.803. The van der Waals surface area contributed by atoms with E-state index in [4.69, 9.17) is 5.73 Å². The molecule has 0 saturated carbocycles. The summed E-state index contributed by atoms with van der Waals surface area (Å²) >= 11 is 0. The fraction of sp³-hybridized carbons (Fsp3) is 0.818. The molecule has 2 amide bonds. The summed E-state index contributed by atoms with van der Waals surface area (Å²) in [5.41, 5.74) is 5.37. The number of hydrogen-bond acceptors (Lipinski definition) is 3. The van der Waals surface area contributed by atoms with Crippen LogP contribution in [0.4, 0.5) is 13.2 Å². The van der Waals surface area contributed by atoms with Crippen LogP contribution in [0, 0.1) is 5.92 Å². The van der Waals surface area contributed by atoms with Gasteiger partial charge in [0.15, 0.2) is 0 Å². The minimum atomic E-state index is -4.81. The molecular weight excluding hydrogens is 299 g/mol. The Morgan fingerprint density at radius 1 is 1.35 bits per heavy atom. The van der Waals surface area contributed by atoms with Gasteiger partial charge in [-0.3, -0.25) is 9.59 Å². The summed E-state index contributed by atoms with van der Waals surface area (Å²) in [6, 6.07) is -0.605. The van der Waals surface area contributed by atoms with Gasteiger partial charge in [0.1, 0.15) is 0 Å². The second kappa shape index (κ2) is 7.68. The van der Waals surface area contributed by atoms with E-state index >= 15 is 0 Å². The van der Waals surface area contributed by atoms with Crippen molar-refractivity contribution in [2.75, 3.05) is 19.6 Å². The number of nitrogens with zero attached hydrogens (tertiary/aromatic N) is 1. The monoisotopic (exact) mass is 317 g/mol. The molecule has 9 heteroatoms. The smallest absolute Gasteiger partial charge is 0.354 e. The third-order valence-corrected chi connectivity index (χ3v) is 3.12. The van der Waals surface area contributed by atoms with Crippen LogP contribution in [-0.2, 0) is 9.59 Å². The number of alkyl halides is 3. The fourth-order valence-corrected chi connectivity index (χ4v) is 1.93. The number of rotatable bonds is 3. The second-order valence-corrected chi connectivity index (χ2v) is 4.77. The number of carbonyl (C=O) groups excluding carboxylic acids is 2. The molecule has 1 saturated heterocycles. The highest BCUT2D eigenvalue weighted by Gasteiger charge is 2.43. The van der Waals surface area contributed by atoms with E-state index in [0.29, 0.717) is 19.4 Å². The molecule has 1 atom stereocenters. The van der Waals surface area contributed by atoms with Crippen molar-refractivity contribution in [2.45, 2.75) is 32.0 Å². The molecule has 0 aromatic heterocycles. The molecule has 0 aromatic carbocycles. The van der Waals surface area contributed by atoms with Crippen LogP contribution in [-0.4, -0.2) is 48.6 Å². The minimum absolute atomic E-state index is 0. The van der Waals surface area contributed by atoms with Crippen LogP contribution in [0.15, 0.2) is 0 Å². The third kappa shape index (κ3) is 5.54. The zero-order chi connectivity index (χ0) is 14.6. The van der Waals surface area contributed by atoms with Crippen molar-refractivity contribution in [3.8, 4) is 0 Å². The van der Waals surface area contributed by atoms with Crippen LogP contribution >= 0.6 is 12.4 Å². The van der Waals surface area contributed by atoms with E-state index in [2.05, 4.69) is 5.32 Å². The van der Waals surface area contributed by atoms with Gasteiger partial charge in [0, 0.05) is 19.6 Å². The molecule has 5 nitrogen and oxygen atoms in total. The summed E-state index contributed by atoms with van der Waals surface area (Å²) in [6.07, 6.45) is -3.92. The molecule has 0 bridgehead atoms. The predicted octanol–water partition coefficient (Wildman–Crippen LogP) is 0.672.